The van der Waals surface area contributed by atoms with Gasteiger partial charge in [0.05, 0.1) is 13.0 Å². The van der Waals surface area contributed by atoms with Gasteiger partial charge in [0.25, 0.3) is 0 Å². The minimum atomic E-state index is -1.66. The van der Waals surface area contributed by atoms with E-state index in [-0.39, 0.29) is 12.8 Å². The molecule has 4 atom stereocenters. The van der Waals surface area contributed by atoms with Crippen molar-refractivity contribution in [2.24, 2.45) is 5.73 Å². The highest BCUT2D eigenvalue weighted by molar-refractivity contribution is 5.96. The lowest BCUT2D eigenvalue weighted by molar-refractivity contribution is -0.143. The fourth-order valence-corrected chi connectivity index (χ4v) is 4.07. The fraction of sp³-hybridized carbons (Fsp3) is 0.296. The van der Waals surface area contributed by atoms with E-state index in [2.05, 4.69) is 20.9 Å². The number of rotatable bonds is 14. The highest BCUT2D eigenvalue weighted by Gasteiger charge is 2.32. The van der Waals surface area contributed by atoms with Gasteiger partial charge in [0.1, 0.15) is 24.2 Å². The Labute approximate surface area is 228 Å². The number of fused-ring (bicyclic) bond motifs is 1. The highest BCUT2D eigenvalue weighted by Crippen LogP contribution is 2.19. The molecule has 9 N–H and O–H groups in total. The van der Waals surface area contributed by atoms with Crippen molar-refractivity contribution >= 4 is 40.6 Å². The number of hydrogen-bond donors (Lipinski definition) is 8. The first kappa shape index (κ1) is 29.8. The molecule has 0 fully saturated rings. The Morgan fingerprint density at radius 2 is 1.38 bits per heavy atom. The van der Waals surface area contributed by atoms with Gasteiger partial charge in [-0.1, -0.05) is 48.5 Å². The zero-order valence-corrected chi connectivity index (χ0v) is 21.4. The molecule has 1 aromatic heterocycles. The molecule has 0 saturated heterocycles. The summed E-state index contributed by atoms with van der Waals surface area (Å²) in [6.45, 7) is -0.678. The predicted molar refractivity (Wildman–Crippen MR) is 143 cm³/mol. The zero-order chi connectivity index (χ0) is 29.2. The van der Waals surface area contributed by atoms with Gasteiger partial charge in [0, 0.05) is 29.9 Å². The second kappa shape index (κ2) is 13.9. The van der Waals surface area contributed by atoms with Gasteiger partial charge in [-0.15, -0.1) is 0 Å². The van der Waals surface area contributed by atoms with Gasteiger partial charge in [-0.2, -0.15) is 0 Å². The Balaban J connectivity index is 1.78. The van der Waals surface area contributed by atoms with Crippen molar-refractivity contribution in [3.05, 3.63) is 71.9 Å². The summed E-state index contributed by atoms with van der Waals surface area (Å²) in [5.74, 6) is -5.53. The SMILES string of the molecule is NC(CO)C(=O)NC(Cc1ccccc1)C(=O)NC(CC(=O)O)C(=O)NC(Cc1c[nH]c2ccccc12)C(=O)O. The van der Waals surface area contributed by atoms with E-state index in [0.717, 1.165) is 10.9 Å². The fourth-order valence-electron chi connectivity index (χ4n) is 4.07. The van der Waals surface area contributed by atoms with Crippen LogP contribution in [0.3, 0.4) is 0 Å². The normalized spacial score (nSPS) is 13.9. The molecule has 3 aromatic rings. The largest absolute Gasteiger partial charge is 0.481 e. The number of carbonyl (C=O) groups excluding carboxylic acids is 3. The molecular weight excluding hydrogens is 522 g/mol. The predicted octanol–water partition coefficient (Wildman–Crippen LogP) is -0.714. The Morgan fingerprint density at radius 3 is 2.02 bits per heavy atom. The van der Waals surface area contributed by atoms with Gasteiger partial charge in [0.2, 0.25) is 17.7 Å². The van der Waals surface area contributed by atoms with Crippen molar-refractivity contribution in [2.75, 3.05) is 6.61 Å². The summed E-state index contributed by atoms with van der Waals surface area (Å²) in [7, 11) is 0. The molecule has 3 rings (SSSR count). The minimum Gasteiger partial charge on any atom is -0.481 e. The molecule has 0 aliphatic rings. The number of carboxylic acid groups (broad SMARTS) is 2. The van der Waals surface area contributed by atoms with Crippen LogP contribution in [0.2, 0.25) is 0 Å². The van der Waals surface area contributed by atoms with Gasteiger partial charge < -0.3 is 42.0 Å². The zero-order valence-electron chi connectivity index (χ0n) is 21.4. The summed E-state index contributed by atoms with van der Waals surface area (Å²) in [4.78, 5) is 65.1. The Kier molecular flexibility index (Phi) is 10.3. The quantitative estimate of drug-likeness (QED) is 0.126. The van der Waals surface area contributed by atoms with E-state index >= 15 is 0 Å². The second-order valence-corrected chi connectivity index (χ2v) is 9.16. The van der Waals surface area contributed by atoms with Crippen LogP contribution >= 0.6 is 0 Å². The molecule has 2 aromatic carbocycles. The molecule has 0 radical (unpaired) electrons. The van der Waals surface area contributed by atoms with Crippen molar-refractivity contribution in [3.8, 4) is 0 Å². The Bertz CT molecular complexity index is 1360. The van der Waals surface area contributed by atoms with Gasteiger partial charge in [-0.25, -0.2) is 4.79 Å². The van der Waals surface area contributed by atoms with Crippen molar-refractivity contribution in [2.45, 2.75) is 43.4 Å². The summed E-state index contributed by atoms with van der Waals surface area (Å²) in [5, 5.41) is 36.1. The van der Waals surface area contributed by atoms with E-state index in [0.29, 0.717) is 11.1 Å². The van der Waals surface area contributed by atoms with Crippen molar-refractivity contribution in [1.82, 2.24) is 20.9 Å². The number of para-hydroxylation sites is 1. The minimum absolute atomic E-state index is 0.0315. The van der Waals surface area contributed by atoms with E-state index in [1.807, 2.05) is 12.1 Å². The van der Waals surface area contributed by atoms with Gasteiger partial charge in [-0.05, 0) is 17.2 Å². The smallest absolute Gasteiger partial charge is 0.326 e. The van der Waals surface area contributed by atoms with E-state index in [1.165, 1.54) is 0 Å². The molecular formula is C27H31N5O8. The maximum absolute atomic E-state index is 13.2. The molecule has 0 aliphatic carbocycles. The molecule has 0 bridgehead atoms. The molecule has 1 heterocycles. The lowest BCUT2D eigenvalue weighted by Crippen LogP contribution is -2.58. The number of hydrogen-bond acceptors (Lipinski definition) is 7. The maximum Gasteiger partial charge on any atom is 0.326 e. The van der Waals surface area contributed by atoms with Crippen LogP contribution < -0.4 is 21.7 Å². The first-order valence-corrected chi connectivity index (χ1v) is 12.4. The summed E-state index contributed by atoms with van der Waals surface area (Å²) in [6, 6.07) is 10.1. The summed E-state index contributed by atoms with van der Waals surface area (Å²) in [5.41, 5.74) is 7.59. The van der Waals surface area contributed by atoms with Crippen molar-refractivity contribution in [1.29, 1.82) is 0 Å². The molecule has 212 valence electrons. The number of H-pyrrole nitrogens is 1. The topological polar surface area (TPSA) is 224 Å². The number of aliphatic carboxylic acids is 2. The number of aliphatic hydroxyl groups is 1. The molecule has 0 aliphatic heterocycles. The molecule has 0 saturated carbocycles. The van der Waals surface area contributed by atoms with Crippen LogP contribution in [0, 0.1) is 0 Å². The molecule has 13 nitrogen and oxygen atoms in total. The van der Waals surface area contributed by atoms with Crippen LogP contribution in [0.25, 0.3) is 10.9 Å². The number of carboxylic acids is 2. The number of aromatic amines is 1. The Hall–Kier alpha value is -4.75. The van der Waals surface area contributed by atoms with E-state index in [9.17, 15) is 39.3 Å². The van der Waals surface area contributed by atoms with Crippen LogP contribution in [0.5, 0.6) is 0 Å². The van der Waals surface area contributed by atoms with Gasteiger partial charge >= 0.3 is 11.9 Å². The van der Waals surface area contributed by atoms with Crippen molar-refractivity contribution in [3.63, 3.8) is 0 Å². The molecule has 40 heavy (non-hydrogen) atoms. The van der Waals surface area contributed by atoms with E-state index in [1.54, 1.807) is 48.7 Å². The van der Waals surface area contributed by atoms with Crippen LogP contribution in [0.1, 0.15) is 17.5 Å². The number of amides is 3. The number of nitrogens with one attached hydrogen (secondary N) is 4. The highest BCUT2D eigenvalue weighted by atomic mass is 16.4. The number of nitrogens with two attached hydrogens (primary N) is 1. The second-order valence-electron chi connectivity index (χ2n) is 9.16. The first-order valence-electron chi connectivity index (χ1n) is 12.4. The number of benzene rings is 2. The molecule has 0 spiro atoms. The third-order valence-corrected chi connectivity index (χ3v) is 6.17. The lowest BCUT2D eigenvalue weighted by Gasteiger charge is -2.24. The standard InChI is InChI=1S/C27H31N5O8/c28-18(14-33)24(36)30-20(10-15-6-2-1-3-7-15)25(37)31-21(12-23(34)35)26(38)32-22(27(39)40)11-16-13-29-19-9-5-4-8-17(16)19/h1-9,13,18,20-22,29,33H,10-12,14,28H2,(H,30,36)(H,31,37)(H,32,38)(H,34,35)(H,39,40). The van der Waals surface area contributed by atoms with Crippen LogP contribution in [0.4, 0.5) is 0 Å². The van der Waals surface area contributed by atoms with Gasteiger partial charge in [-0.3, -0.25) is 19.2 Å². The summed E-state index contributed by atoms with van der Waals surface area (Å²) < 4.78 is 0. The van der Waals surface area contributed by atoms with Crippen LogP contribution in [-0.2, 0) is 36.8 Å². The first-order chi connectivity index (χ1) is 19.1. The Morgan fingerprint density at radius 1 is 0.775 bits per heavy atom. The summed E-state index contributed by atoms with van der Waals surface area (Å²) in [6.07, 6.45) is 0.636. The average molecular weight is 554 g/mol. The lowest BCUT2D eigenvalue weighted by atomic mass is 10.0. The molecule has 13 heteroatoms. The van der Waals surface area contributed by atoms with Gasteiger partial charge in [0.15, 0.2) is 0 Å². The van der Waals surface area contributed by atoms with Crippen molar-refractivity contribution < 1.29 is 39.3 Å². The van der Waals surface area contributed by atoms with E-state index < -0.39 is 66.9 Å². The van der Waals surface area contributed by atoms with Crippen LogP contribution in [0.15, 0.2) is 60.8 Å². The average Bonchev–Trinajstić information content (AvgIpc) is 3.34. The third-order valence-electron chi connectivity index (χ3n) is 6.17. The monoisotopic (exact) mass is 553 g/mol. The maximum atomic E-state index is 13.2. The molecule has 4 unspecified atom stereocenters. The van der Waals surface area contributed by atoms with E-state index in [4.69, 9.17) is 5.73 Å². The molecule has 3 amide bonds. The number of carbonyl (C=O) groups is 5. The third kappa shape index (κ3) is 8.12. The van der Waals surface area contributed by atoms with Crippen LogP contribution in [-0.4, -0.2) is 80.7 Å². The number of aromatic nitrogens is 1. The summed E-state index contributed by atoms with van der Waals surface area (Å²) >= 11 is 0. The number of aliphatic hydroxyl groups excluding tert-OH is 1.